The molecule has 0 fully saturated rings. The summed E-state index contributed by atoms with van der Waals surface area (Å²) >= 11 is 0. The Labute approximate surface area is 158 Å². The maximum absolute atomic E-state index is 13.1. The summed E-state index contributed by atoms with van der Waals surface area (Å²) in [4.78, 5) is 13.0. The summed E-state index contributed by atoms with van der Waals surface area (Å²) in [5.74, 6) is -0.368. The predicted octanol–water partition coefficient (Wildman–Crippen LogP) is 3.94. The zero-order chi connectivity index (χ0) is 19.2. The lowest BCUT2D eigenvalue weighted by Crippen LogP contribution is -2.43. The molecule has 27 heavy (non-hydrogen) atoms. The quantitative estimate of drug-likeness (QED) is 0.746. The molecule has 0 aliphatic carbocycles. The number of benzene rings is 3. The first-order valence-corrected chi connectivity index (χ1v) is 10.3. The van der Waals surface area contributed by atoms with E-state index >= 15 is 0 Å². The summed E-state index contributed by atoms with van der Waals surface area (Å²) in [5.41, 5.74) is 2.37. The van der Waals surface area contributed by atoms with E-state index in [1.165, 1.54) is 9.87 Å². The van der Waals surface area contributed by atoms with E-state index in [4.69, 9.17) is 0 Å². The van der Waals surface area contributed by atoms with Crippen molar-refractivity contribution < 1.29 is 13.2 Å². The fourth-order valence-corrected chi connectivity index (χ4v) is 5.38. The summed E-state index contributed by atoms with van der Waals surface area (Å²) in [6.45, 7) is 3.67. The molecule has 0 spiro atoms. The highest BCUT2D eigenvalue weighted by molar-refractivity contribution is 7.93. The van der Waals surface area contributed by atoms with Crippen LogP contribution in [-0.4, -0.2) is 20.4 Å². The van der Waals surface area contributed by atoms with E-state index in [2.05, 4.69) is 12.2 Å². The van der Waals surface area contributed by atoms with E-state index < -0.39 is 16.1 Å². The lowest BCUT2D eigenvalue weighted by molar-refractivity contribution is -0.116. The number of hydrogen-bond acceptors (Lipinski definition) is 3. The van der Waals surface area contributed by atoms with Gasteiger partial charge in [-0.3, -0.25) is 9.10 Å². The SMILES string of the molecule is CCc1ccc(NC(=O)C(C)N2c3cccc4cccc(c34)S2(=O)=O)cc1. The molecule has 1 heterocycles. The molecule has 1 aliphatic rings. The molecule has 1 unspecified atom stereocenters. The van der Waals surface area contributed by atoms with Crippen molar-refractivity contribution in [2.75, 3.05) is 9.62 Å². The van der Waals surface area contributed by atoms with Gasteiger partial charge in [-0.2, -0.15) is 0 Å². The number of hydrogen-bond donors (Lipinski definition) is 1. The van der Waals surface area contributed by atoms with Crippen LogP contribution >= 0.6 is 0 Å². The number of sulfonamides is 1. The van der Waals surface area contributed by atoms with Gasteiger partial charge in [-0.15, -0.1) is 0 Å². The number of rotatable bonds is 4. The van der Waals surface area contributed by atoms with Crippen molar-refractivity contribution >= 4 is 38.1 Å². The number of nitrogens with zero attached hydrogens (tertiary/aromatic N) is 1. The van der Waals surface area contributed by atoms with Crippen LogP contribution in [0.3, 0.4) is 0 Å². The van der Waals surface area contributed by atoms with Gasteiger partial charge in [-0.1, -0.05) is 43.3 Å². The molecule has 3 aromatic rings. The number of carbonyl (C=O) groups excluding carboxylic acids is 1. The van der Waals surface area contributed by atoms with Gasteiger partial charge in [0.05, 0.1) is 10.6 Å². The van der Waals surface area contributed by atoms with Gasteiger partial charge < -0.3 is 5.32 Å². The Kier molecular flexibility index (Phi) is 4.15. The van der Waals surface area contributed by atoms with Crippen molar-refractivity contribution in [3.05, 3.63) is 66.2 Å². The van der Waals surface area contributed by atoms with Crippen LogP contribution in [0.4, 0.5) is 11.4 Å². The molecule has 138 valence electrons. The van der Waals surface area contributed by atoms with Crippen molar-refractivity contribution in [1.82, 2.24) is 0 Å². The van der Waals surface area contributed by atoms with Crippen LogP contribution < -0.4 is 9.62 Å². The number of anilines is 2. The zero-order valence-electron chi connectivity index (χ0n) is 15.1. The van der Waals surface area contributed by atoms with Crippen molar-refractivity contribution in [3.63, 3.8) is 0 Å². The maximum Gasteiger partial charge on any atom is 0.265 e. The Hall–Kier alpha value is -2.86. The van der Waals surface area contributed by atoms with Crippen LogP contribution in [0.15, 0.2) is 65.6 Å². The summed E-state index contributed by atoms with van der Waals surface area (Å²) < 4.78 is 27.4. The van der Waals surface area contributed by atoms with Crippen LogP contribution in [0.1, 0.15) is 19.4 Å². The molecule has 0 aromatic heterocycles. The lowest BCUT2D eigenvalue weighted by Gasteiger charge is -2.25. The van der Waals surface area contributed by atoms with Crippen LogP contribution in [0.5, 0.6) is 0 Å². The summed E-state index contributed by atoms with van der Waals surface area (Å²) in [6.07, 6.45) is 0.916. The van der Waals surface area contributed by atoms with Crippen molar-refractivity contribution in [2.45, 2.75) is 31.2 Å². The molecule has 5 nitrogen and oxygen atoms in total. The molecule has 0 saturated heterocycles. The first-order chi connectivity index (χ1) is 12.9. The van der Waals surface area contributed by atoms with Gasteiger partial charge in [0.15, 0.2) is 0 Å². The highest BCUT2D eigenvalue weighted by atomic mass is 32.2. The minimum atomic E-state index is -3.77. The average molecular weight is 380 g/mol. The van der Waals surface area contributed by atoms with E-state index in [1.54, 1.807) is 25.1 Å². The third-order valence-electron chi connectivity index (χ3n) is 4.98. The molecular weight excluding hydrogens is 360 g/mol. The van der Waals surface area contributed by atoms with Gasteiger partial charge in [0.2, 0.25) is 5.91 Å². The molecule has 6 heteroatoms. The molecule has 1 aliphatic heterocycles. The first kappa shape index (κ1) is 17.5. The van der Waals surface area contributed by atoms with Crippen molar-refractivity contribution in [2.24, 2.45) is 0 Å². The van der Waals surface area contributed by atoms with Gasteiger partial charge >= 0.3 is 0 Å². The number of carbonyl (C=O) groups is 1. The lowest BCUT2D eigenvalue weighted by atomic mass is 10.1. The molecule has 4 rings (SSSR count). The average Bonchev–Trinajstić information content (AvgIpc) is 2.90. The van der Waals surface area contributed by atoms with E-state index in [-0.39, 0.29) is 10.8 Å². The van der Waals surface area contributed by atoms with Crippen LogP contribution in [0.2, 0.25) is 0 Å². The first-order valence-electron chi connectivity index (χ1n) is 8.89. The Morgan fingerprint density at radius 3 is 2.37 bits per heavy atom. The smallest absolute Gasteiger partial charge is 0.265 e. The molecule has 1 N–H and O–H groups in total. The molecule has 1 atom stereocenters. The Morgan fingerprint density at radius 1 is 1.04 bits per heavy atom. The van der Waals surface area contributed by atoms with Gasteiger partial charge in [0, 0.05) is 11.1 Å². The summed E-state index contributed by atoms with van der Waals surface area (Å²) in [5, 5.41) is 4.34. The number of amides is 1. The highest BCUT2D eigenvalue weighted by Gasteiger charge is 2.40. The molecule has 0 radical (unpaired) electrons. The van der Waals surface area contributed by atoms with Crippen LogP contribution in [0.25, 0.3) is 10.8 Å². The Bertz CT molecular complexity index is 1130. The normalized spacial score (nSPS) is 15.7. The van der Waals surface area contributed by atoms with E-state index in [9.17, 15) is 13.2 Å². The standard InChI is InChI=1S/C21H20N2O3S/c1-3-15-10-12-17(13-11-15)22-21(24)14(2)23-18-8-4-6-16-7-5-9-19(20(16)18)27(23,25)26/h4-14H,3H2,1-2H3,(H,22,24). The molecule has 0 saturated carbocycles. The molecular formula is C21H20N2O3S. The maximum atomic E-state index is 13.1. The largest absolute Gasteiger partial charge is 0.324 e. The van der Waals surface area contributed by atoms with Crippen LogP contribution in [-0.2, 0) is 21.2 Å². The monoisotopic (exact) mass is 380 g/mol. The van der Waals surface area contributed by atoms with Crippen LogP contribution in [0, 0.1) is 0 Å². The van der Waals surface area contributed by atoms with Gasteiger partial charge in [0.1, 0.15) is 6.04 Å². The van der Waals surface area contributed by atoms with E-state index in [0.29, 0.717) is 16.8 Å². The minimum absolute atomic E-state index is 0.252. The van der Waals surface area contributed by atoms with Crippen molar-refractivity contribution in [3.8, 4) is 0 Å². The second-order valence-corrected chi connectivity index (χ2v) is 8.43. The summed E-state index contributed by atoms with van der Waals surface area (Å²) in [7, 11) is -3.77. The minimum Gasteiger partial charge on any atom is -0.324 e. The fraction of sp³-hybridized carbons (Fsp3) is 0.190. The summed E-state index contributed by atoms with van der Waals surface area (Å²) in [6, 6.07) is 17.3. The molecule has 1 amide bonds. The van der Waals surface area contributed by atoms with E-state index in [1.807, 2.05) is 42.5 Å². The Balaban J connectivity index is 1.68. The second kappa shape index (κ2) is 6.39. The molecule has 3 aromatic carbocycles. The topological polar surface area (TPSA) is 66.5 Å². The van der Waals surface area contributed by atoms with E-state index in [0.717, 1.165) is 11.8 Å². The van der Waals surface area contributed by atoms with Gasteiger partial charge in [-0.25, -0.2) is 8.42 Å². The Morgan fingerprint density at radius 2 is 1.70 bits per heavy atom. The van der Waals surface area contributed by atoms with Crippen molar-refractivity contribution in [1.29, 1.82) is 0 Å². The fourth-order valence-electron chi connectivity index (χ4n) is 3.52. The highest BCUT2D eigenvalue weighted by Crippen LogP contribution is 2.43. The number of aryl methyl sites for hydroxylation is 1. The van der Waals surface area contributed by atoms with Gasteiger partial charge in [-0.05, 0) is 48.6 Å². The predicted molar refractivity (Wildman–Crippen MR) is 108 cm³/mol. The third kappa shape index (κ3) is 2.77. The molecule has 0 bridgehead atoms. The van der Waals surface area contributed by atoms with Gasteiger partial charge in [0.25, 0.3) is 10.0 Å². The number of nitrogens with one attached hydrogen (secondary N) is 1. The zero-order valence-corrected chi connectivity index (χ0v) is 16.0. The second-order valence-electron chi connectivity index (χ2n) is 6.65. The third-order valence-corrected chi connectivity index (χ3v) is 6.91.